The smallest absolute Gasteiger partial charge is 0.307 e. The molecule has 1 N–H and O–H groups in total. The van der Waals surface area contributed by atoms with Crippen LogP contribution in [0.15, 0.2) is 24.3 Å². The van der Waals surface area contributed by atoms with Crippen LogP contribution in [0.1, 0.15) is 17.5 Å². The number of carboxylic acid groups (broad SMARTS) is 1. The molecule has 0 aliphatic rings. The highest BCUT2D eigenvalue weighted by molar-refractivity contribution is 5.70. The second-order valence-electron chi connectivity index (χ2n) is 3.48. The molecular formula is C12H16O3. The standard InChI is InChI=1S/C12H16O3/c1-15-8-2-3-10-4-6-11(7-5-10)9-12(13)14/h4-7H,2-3,8-9H2,1H3,(H,13,14). The van der Waals surface area contributed by atoms with E-state index in [0.29, 0.717) is 0 Å². The van der Waals surface area contributed by atoms with E-state index in [1.165, 1.54) is 5.56 Å². The summed E-state index contributed by atoms with van der Waals surface area (Å²) < 4.78 is 4.96. The average Bonchev–Trinajstić information content (AvgIpc) is 2.20. The SMILES string of the molecule is COCCCc1ccc(CC(=O)O)cc1. The van der Waals surface area contributed by atoms with Gasteiger partial charge < -0.3 is 9.84 Å². The fourth-order valence-corrected chi connectivity index (χ4v) is 1.42. The number of rotatable bonds is 6. The lowest BCUT2D eigenvalue weighted by Crippen LogP contribution is -2.00. The molecule has 0 bridgehead atoms. The Morgan fingerprint density at radius 1 is 1.27 bits per heavy atom. The van der Waals surface area contributed by atoms with Crippen molar-refractivity contribution in [1.82, 2.24) is 0 Å². The van der Waals surface area contributed by atoms with Gasteiger partial charge in [-0.25, -0.2) is 0 Å². The summed E-state index contributed by atoms with van der Waals surface area (Å²) in [7, 11) is 1.69. The zero-order chi connectivity index (χ0) is 11.1. The summed E-state index contributed by atoms with van der Waals surface area (Å²) >= 11 is 0. The van der Waals surface area contributed by atoms with Gasteiger partial charge in [-0.1, -0.05) is 24.3 Å². The van der Waals surface area contributed by atoms with Gasteiger partial charge in [0, 0.05) is 13.7 Å². The fraction of sp³-hybridized carbons (Fsp3) is 0.417. The number of aryl methyl sites for hydroxylation is 1. The fourth-order valence-electron chi connectivity index (χ4n) is 1.42. The summed E-state index contributed by atoms with van der Waals surface area (Å²) in [5.74, 6) is -0.790. The quantitative estimate of drug-likeness (QED) is 0.726. The second-order valence-corrected chi connectivity index (χ2v) is 3.48. The summed E-state index contributed by atoms with van der Waals surface area (Å²) in [4.78, 5) is 10.4. The van der Waals surface area contributed by atoms with Crippen LogP contribution in [0.5, 0.6) is 0 Å². The maximum atomic E-state index is 10.4. The van der Waals surface area contributed by atoms with E-state index in [2.05, 4.69) is 0 Å². The van der Waals surface area contributed by atoms with Crippen molar-refractivity contribution < 1.29 is 14.6 Å². The van der Waals surface area contributed by atoms with E-state index >= 15 is 0 Å². The largest absolute Gasteiger partial charge is 0.481 e. The van der Waals surface area contributed by atoms with E-state index < -0.39 is 5.97 Å². The highest BCUT2D eigenvalue weighted by Gasteiger charge is 2.00. The minimum atomic E-state index is -0.790. The molecule has 0 aliphatic carbocycles. The van der Waals surface area contributed by atoms with E-state index in [1.807, 2.05) is 24.3 Å². The van der Waals surface area contributed by atoms with E-state index in [0.717, 1.165) is 25.0 Å². The highest BCUT2D eigenvalue weighted by atomic mass is 16.5. The third-order valence-corrected chi connectivity index (χ3v) is 2.19. The molecule has 0 radical (unpaired) electrons. The van der Waals surface area contributed by atoms with Crippen molar-refractivity contribution in [2.75, 3.05) is 13.7 Å². The lowest BCUT2D eigenvalue weighted by atomic mass is 10.1. The Labute approximate surface area is 89.7 Å². The third kappa shape index (κ3) is 4.61. The molecule has 3 heteroatoms. The molecule has 82 valence electrons. The molecule has 0 saturated carbocycles. The molecule has 0 aromatic heterocycles. The zero-order valence-corrected chi connectivity index (χ0v) is 8.90. The van der Waals surface area contributed by atoms with Gasteiger partial charge in [-0.2, -0.15) is 0 Å². The molecule has 0 amide bonds. The number of aliphatic carboxylic acids is 1. The minimum absolute atomic E-state index is 0.0956. The van der Waals surface area contributed by atoms with Crippen molar-refractivity contribution in [3.63, 3.8) is 0 Å². The normalized spacial score (nSPS) is 10.2. The topological polar surface area (TPSA) is 46.5 Å². The Hall–Kier alpha value is -1.35. The van der Waals surface area contributed by atoms with Crippen LogP contribution in [0.25, 0.3) is 0 Å². The molecule has 0 atom stereocenters. The van der Waals surface area contributed by atoms with Gasteiger partial charge >= 0.3 is 5.97 Å². The van der Waals surface area contributed by atoms with Crippen molar-refractivity contribution in [1.29, 1.82) is 0 Å². The summed E-state index contributed by atoms with van der Waals surface area (Å²) in [6.07, 6.45) is 2.06. The molecule has 1 rings (SSSR count). The van der Waals surface area contributed by atoms with E-state index in [-0.39, 0.29) is 6.42 Å². The number of hydrogen-bond donors (Lipinski definition) is 1. The van der Waals surface area contributed by atoms with Gasteiger partial charge in [0.1, 0.15) is 0 Å². The van der Waals surface area contributed by atoms with E-state index in [1.54, 1.807) is 7.11 Å². The molecule has 0 aliphatic heterocycles. The van der Waals surface area contributed by atoms with Gasteiger partial charge in [-0.3, -0.25) is 4.79 Å². The molecule has 15 heavy (non-hydrogen) atoms. The summed E-state index contributed by atoms with van der Waals surface area (Å²) in [5.41, 5.74) is 2.07. The number of benzene rings is 1. The van der Waals surface area contributed by atoms with Gasteiger partial charge in [-0.05, 0) is 24.0 Å². The molecule has 3 nitrogen and oxygen atoms in total. The van der Waals surface area contributed by atoms with Crippen molar-refractivity contribution in [2.24, 2.45) is 0 Å². The van der Waals surface area contributed by atoms with Crippen LogP contribution in [-0.2, 0) is 22.4 Å². The second kappa shape index (κ2) is 6.19. The lowest BCUT2D eigenvalue weighted by molar-refractivity contribution is -0.136. The predicted octanol–water partition coefficient (Wildman–Crippen LogP) is 1.89. The molecule has 0 saturated heterocycles. The van der Waals surface area contributed by atoms with Crippen LogP contribution >= 0.6 is 0 Å². The molecule has 0 heterocycles. The maximum absolute atomic E-state index is 10.4. The van der Waals surface area contributed by atoms with Gasteiger partial charge in [0.05, 0.1) is 6.42 Å². The first-order chi connectivity index (χ1) is 7.22. The van der Waals surface area contributed by atoms with E-state index in [4.69, 9.17) is 9.84 Å². The van der Waals surface area contributed by atoms with Crippen LogP contribution < -0.4 is 0 Å². The van der Waals surface area contributed by atoms with Gasteiger partial charge in [0.25, 0.3) is 0 Å². The van der Waals surface area contributed by atoms with Gasteiger partial charge in [0.15, 0.2) is 0 Å². The van der Waals surface area contributed by atoms with E-state index in [9.17, 15) is 4.79 Å². The van der Waals surface area contributed by atoms with Crippen LogP contribution in [0.3, 0.4) is 0 Å². The number of methoxy groups -OCH3 is 1. The van der Waals surface area contributed by atoms with Crippen molar-refractivity contribution in [2.45, 2.75) is 19.3 Å². The number of carboxylic acids is 1. The summed E-state index contributed by atoms with van der Waals surface area (Å²) in [6.45, 7) is 0.761. The average molecular weight is 208 g/mol. The molecule has 0 fully saturated rings. The number of ether oxygens (including phenoxy) is 1. The molecule has 1 aromatic carbocycles. The number of carbonyl (C=O) groups is 1. The Kier molecular flexibility index (Phi) is 4.84. The third-order valence-electron chi connectivity index (χ3n) is 2.19. The van der Waals surface area contributed by atoms with Crippen molar-refractivity contribution >= 4 is 5.97 Å². The Bertz CT molecular complexity index is 303. The molecule has 0 unspecified atom stereocenters. The van der Waals surface area contributed by atoms with Crippen LogP contribution in [-0.4, -0.2) is 24.8 Å². The zero-order valence-electron chi connectivity index (χ0n) is 8.90. The van der Waals surface area contributed by atoms with Crippen molar-refractivity contribution in [3.05, 3.63) is 35.4 Å². The van der Waals surface area contributed by atoms with Crippen molar-refractivity contribution in [3.8, 4) is 0 Å². The summed E-state index contributed by atoms with van der Waals surface area (Å²) in [5, 5.41) is 8.59. The van der Waals surface area contributed by atoms with Crippen LogP contribution in [0.2, 0.25) is 0 Å². The molecular weight excluding hydrogens is 192 g/mol. The predicted molar refractivity (Wildman–Crippen MR) is 58.0 cm³/mol. The lowest BCUT2D eigenvalue weighted by Gasteiger charge is -2.02. The van der Waals surface area contributed by atoms with Gasteiger partial charge in [-0.15, -0.1) is 0 Å². The van der Waals surface area contributed by atoms with Crippen LogP contribution in [0.4, 0.5) is 0 Å². The Balaban J connectivity index is 2.45. The first kappa shape index (κ1) is 11.7. The monoisotopic (exact) mass is 208 g/mol. The Morgan fingerprint density at radius 2 is 1.87 bits per heavy atom. The summed E-state index contributed by atoms with van der Waals surface area (Å²) in [6, 6.07) is 7.70. The first-order valence-corrected chi connectivity index (χ1v) is 5.01. The van der Waals surface area contributed by atoms with Gasteiger partial charge in [0.2, 0.25) is 0 Å². The molecule has 1 aromatic rings. The highest BCUT2D eigenvalue weighted by Crippen LogP contribution is 2.07. The van der Waals surface area contributed by atoms with Crippen LogP contribution in [0, 0.1) is 0 Å². The Morgan fingerprint density at radius 3 is 2.40 bits per heavy atom. The first-order valence-electron chi connectivity index (χ1n) is 5.01. The minimum Gasteiger partial charge on any atom is -0.481 e. The number of hydrogen-bond acceptors (Lipinski definition) is 2. The maximum Gasteiger partial charge on any atom is 0.307 e. The molecule has 0 spiro atoms.